The van der Waals surface area contributed by atoms with Crippen molar-refractivity contribution in [2.75, 3.05) is 31.6 Å². The number of amides is 1. The van der Waals surface area contributed by atoms with Gasteiger partial charge in [0.05, 0.1) is 12.2 Å². The van der Waals surface area contributed by atoms with E-state index in [1.165, 1.54) is 12.8 Å². The molecule has 5 nitrogen and oxygen atoms in total. The fraction of sp³-hybridized carbons (Fsp3) is 0.500. The highest BCUT2D eigenvalue weighted by atomic mass is 16.5. The van der Waals surface area contributed by atoms with Crippen molar-refractivity contribution in [1.29, 1.82) is 0 Å². The van der Waals surface area contributed by atoms with Gasteiger partial charge in [0.2, 0.25) is 5.91 Å². The first kappa shape index (κ1) is 15.5. The molecular formula is C16H22N2O3. The molecule has 1 N–H and O–H groups in total. The van der Waals surface area contributed by atoms with Gasteiger partial charge in [-0.1, -0.05) is 0 Å². The summed E-state index contributed by atoms with van der Waals surface area (Å²) < 4.78 is 4.91. The first-order valence-corrected chi connectivity index (χ1v) is 7.48. The monoisotopic (exact) mass is 290 g/mol. The molecular weight excluding hydrogens is 268 g/mol. The highest BCUT2D eigenvalue weighted by Crippen LogP contribution is 2.12. The molecule has 1 fully saturated rings. The van der Waals surface area contributed by atoms with E-state index in [1.807, 2.05) is 0 Å². The van der Waals surface area contributed by atoms with Crippen LogP contribution in [0.5, 0.6) is 0 Å². The van der Waals surface area contributed by atoms with Gasteiger partial charge in [0.1, 0.15) is 0 Å². The molecule has 1 aromatic carbocycles. The molecule has 5 heteroatoms. The number of anilines is 1. The molecule has 0 radical (unpaired) electrons. The highest BCUT2D eigenvalue weighted by molar-refractivity contribution is 5.93. The van der Waals surface area contributed by atoms with E-state index in [-0.39, 0.29) is 11.9 Å². The van der Waals surface area contributed by atoms with E-state index in [9.17, 15) is 9.59 Å². The number of rotatable bonds is 6. The Hall–Kier alpha value is -1.88. The molecule has 1 saturated heterocycles. The Labute approximate surface area is 125 Å². The average Bonchev–Trinajstić information content (AvgIpc) is 2.99. The van der Waals surface area contributed by atoms with Gasteiger partial charge in [-0.2, -0.15) is 0 Å². The van der Waals surface area contributed by atoms with Crippen LogP contribution in [-0.2, 0) is 9.53 Å². The van der Waals surface area contributed by atoms with Crippen LogP contribution in [0.15, 0.2) is 24.3 Å². The second-order valence-corrected chi connectivity index (χ2v) is 5.14. The van der Waals surface area contributed by atoms with Crippen molar-refractivity contribution in [2.45, 2.75) is 26.2 Å². The molecule has 0 atom stereocenters. The van der Waals surface area contributed by atoms with E-state index in [1.54, 1.807) is 31.2 Å². The highest BCUT2D eigenvalue weighted by Gasteiger charge is 2.13. The molecule has 0 saturated carbocycles. The van der Waals surface area contributed by atoms with E-state index < -0.39 is 0 Å². The summed E-state index contributed by atoms with van der Waals surface area (Å²) in [6.45, 7) is 5.14. The van der Waals surface area contributed by atoms with Gasteiger partial charge >= 0.3 is 5.97 Å². The van der Waals surface area contributed by atoms with Crippen LogP contribution in [0.1, 0.15) is 36.5 Å². The second kappa shape index (κ2) is 7.78. The van der Waals surface area contributed by atoms with Crippen LogP contribution >= 0.6 is 0 Å². The summed E-state index contributed by atoms with van der Waals surface area (Å²) in [6, 6.07) is 6.77. The lowest BCUT2D eigenvalue weighted by atomic mass is 10.2. The zero-order valence-corrected chi connectivity index (χ0v) is 12.4. The number of likely N-dealkylation sites (tertiary alicyclic amines) is 1. The van der Waals surface area contributed by atoms with Gasteiger partial charge in [0, 0.05) is 18.7 Å². The third-order valence-electron chi connectivity index (χ3n) is 3.53. The number of carbonyl (C=O) groups excluding carboxylic acids is 2. The summed E-state index contributed by atoms with van der Waals surface area (Å²) in [7, 11) is 0. The van der Waals surface area contributed by atoms with Gasteiger partial charge in [0.15, 0.2) is 0 Å². The number of hydrogen-bond donors (Lipinski definition) is 1. The third kappa shape index (κ3) is 4.86. The average molecular weight is 290 g/mol. The van der Waals surface area contributed by atoms with Crippen molar-refractivity contribution >= 4 is 17.6 Å². The second-order valence-electron chi connectivity index (χ2n) is 5.14. The molecule has 21 heavy (non-hydrogen) atoms. The van der Waals surface area contributed by atoms with Gasteiger partial charge in [-0.3, -0.25) is 4.79 Å². The fourth-order valence-electron chi connectivity index (χ4n) is 2.39. The molecule has 0 unspecified atom stereocenters. The van der Waals surface area contributed by atoms with Crippen molar-refractivity contribution in [3.05, 3.63) is 29.8 Å². The number of esters is 1. The van der Waals surface area contributed by atoms with Crippen molar-refractivity contribution in [1.82, 2.24) is 4.90 Å². The van der Waals surface area contributed by atoms with Crippen LogP contribution in [0.25, 0.3) is 0 Å². The lowest BCUT2D eigenvalue weighted by Crippen LogP contribution is -2.25. The molecule has 1 aliphatic rings. The normalized spacial score (nSPS) is 14.9. The van der Waals surface area contributed by atoms with Crippen molar-refractivity contribution < 1.29 is 14.3 Å². The largest absolute Gasteiger partial charge is 0.462 e. The van der Waals surface area contributed by atoms with Gasteiger partial charge < -0.3 is 15.0 Å². The fourth-order valence-corrected chi connectivity index (χ4v) is 2.39. The predicted molar refractivity (Wildman–Crippen MR) is 81.3 cm³/mol. The summed E-state index contributed by atoms with van der Waals surface area (Å²) in [6.07, 6.45) is 2.97. The standard InChI is InChI=1S/C16H22N2O3/c1-2-21-16(20)13-5-7-14(8-6-13)17-15(19)9-12-18-10-3-4-11-18/h5-8H,2-4,9-12H2,1H3,(H,17,19). The Bertz CT molecular complexity index is 479. The minimum Gasteiger partial charge on any atom is -0.462 e. The first-order valence-electron chi connectivity index (χ1n) is 7.48. The maximum atomic E-state index is 11.9. The number of carbonyl (C=O) groups is 2. The summed E-state index contributed by atoms with van der Waals surface area (Å²) >= 11 is 0. The third-order valence-corrected chi connectivity index (χ3v) is 3.53. The topological polar surface area (TPSA) is 58.6 Å². The minimum atomic E-state index is -0.343. The Morgan fingerprint density at radius 3 is 2.48 bits per heavy atom. The summed E-state index contributed by atoms with van der Waals surface area (Å²) in [5.41, 5.74) is 1.20. The maximum Gasteiger partial charge on any atom is 0.338 e. The van der Waals surface area contributed by atoms with Crippen molar-refractivity contribution in [3.63, 3.8) is 0 Å². The van der Waals surface area contributed by atoms with E-state index in [0.29, 0.717) is 24.3 Å². The zero-order chi connectivity index (χ0) is 15.1. The molecule has 114 valence electrons. The van der Waals surface area contributed by atoms with E-state index in [4.69, 9.17) is 4.74 Å². The lowest BCUT2D eigenvalue weighted by molar-refractivity contribution is -0.116. The van der Waals surface area contributed by atoms with Crippen LogP contribution in [0, 0.1) is 0 Å². The van der Waals surface area contributed by atoms with Gasteiger partial charge in [-0.25, -0.2) is 4.79 Å². The molecule has 1 amide bonds. The Morgan fingerprint density at radius 2 is 1.86 bits per heavy atom. The number of benzene rings is 1. The summed E-state index contributed by atoms with van der Waals surface area (Å²) in [5.74, 6) is -0.338. The quantitative estimate of drug-likeness (QED) is 0.817. The lowest BCUT2D eigenvalue weighted by Gasteiger charge is -2.14. The molecule has 1 aromatic rings. The van der Waals surface area contributed by atoms with Crippen molar-refractivity contribution in [3.8, 4) is 0 Å². The molecule has 0 spiro atoms. The molecule has 1 heterocycles. The number of hydrogen-bond acceptors (Lipinski definition) is 4. The Morgan fingerprint density at radius 1 is 1.19 bits per heavy atom. The molecule has 0 aliphatic carbocycles. The number of nitrogens with zero attached hydrogens (tertiary/aromatic N) is 1. The van der Waals surface area contributed by atoms with E-state index in [0.717, 1.165) is 19.6 Å². The Kier molecular flexibility index (Phi) is 5.75. The van der Waals surface area contributed by atoms with Gasteiger partial charge in [-0.05, 0) is 57.1 Å². The molecule has 1 aliphatic heterocycles. The SMILES string of the molecule is CCOC(=O)c1ccc(NC(=O)CCN2CCCC2)cc1. The summed E-state index contributed by atoms with van der Waals surface area (Å²) in [5, 5.41) is 2.85. The van der Waals surface area contributed by atoms with Crippen LogP contribution < -0.4 is 5.32 Å². The zero-order valence-electron chi connectivity index (χ0n) is 12.4. The van der Waals surface area contributed by atoms with Crippen LogP contribution in [0.3, 0.4) is 0 Å². The van der Waals surface area contributed by atoms with Crippen molar-refractivity contribution in [2.24, 2.45) is 0 Å². The van der Waals surface area contributed by atoms with Gasteiger partial charge in [0.25, 0.3) is 0 Å². The molecule has 0 aromatic heterocycles. The first-order chi connectivity index (χ1) is 10.2. The summed E-state index contributed by atoms with van der Waals surface area (Å²) in [4.78, 5) is 25.7. The van der Waals surface area contributed by atoms with Gasteiger partial charge in [-0.15, -0.1) is 0 Å². The van der Waals surface area contributed by atoms with Crippen LogP contribution in [0.4, 0.5) is 5.69 Å². The smallest absolute Gasteiger partial charge is 0.338 e. The van der Waals surface area contributed by atoms with E-state index in [2.05, 4.69) is 10.2 Å². The van der Waals surface area contributed by atoms with Crippen LogP contribution in [-0.4, -0.2) is 43.0 Å². The maximum absolute atomic E-state index is 11.9. The number of ether oxygens (including phenoxy) is 1. The number of nitrogens with one attached hydrogen (secondary N) is 1. The van der Waals surface area contributed by atoms with Crippen LogP contribution in [0.2, 0.25) is 0 Å². The minimum absolute atomic E-state index is 0.00536. The Balaban J connectivity index is 1.79. The predicted octanol–water partition coefficient (Wildman–Crippen LogP) is 2.29. The molecule has 0 bridgehead atoms. The van der Waals surface area contributed by atoms with E-state index >= 15 is 0 Å². The molecule has 2 rings (SSSR count).